The number of ether oxygens (including phenoxy) is 2. The number of aromatic nitrogens is 2. The van der Waals surface area contributed by atoms with Gasteiger partial charge in [-0.3, -0.25) is 9.36 Å². The standard InChI is InChI=1S/C32H27N3O3S/c1-18-24(22-10-6-7-11-25(22)33-18)17-28-31(36)35-30(20-13-15-26(37-2)27(16-20)38-3)23-14-12-19-8-4-5-9-21(19)29(23)34-32(35)39-28/h4-11,13,15-17,30,33H,12,14H2,1-3H3. The molecule has 1 N–H and O–H groups in total. The number of aromatic amines is 1. The lowest BCUT2D eigenvalue weighted by Crippen LogP contribution is -2.38. The van der Waals surface area contributed by atoms with E-state index < -0.39 is 0 Å². The van der Waals surface area contributed by atoms with Gasteiger partial charge in [0.15, 0.2) is 16.3 Å². The van der Waals surface area contributed by atoms with Gasteiger partial charge in [-0.2, -0.15) is 0 Å². The highest BCUT2D eigenvalue weighted by Gasteiger charge is 2.33. The van der Waals surface area contributed by atoms with Crippen molar-refractivity contribution in [3.63, 3.8) is 0 Å². The Balaban J connectivity index is 1.50. The van der Waals surface area contributed by atoms with Crippen LogP contribution in [-0.4, -0.2) is 23.8 Å². The van der Waals surface area contributed by atoms with Crippen molar-refractivity contribution in [2.24, 2.45) is 4.99 Å². The summed E-state index contributed by atoms with van der Waals surface area (Å²) in [6, 6.07) is 22.3. The summed E-state index contributed by atoms with van der Waals surface area (Å²) < 4.78 is 13.7. The maximum atomic E-state index is 14.2. The molecule has 0 saturated heterocycles. The van der Waals surface area contributed by atoms with Crippen LogP contribution in [-0.2, 0) is 6.42 Å². The first-order chi connectivity index (χ1) is 19.1. The van der Waals surface area contributed by atoms with Crippen LogP contribution in [0, 0.1) is 6.92 Å². The predicted octanol–water partition coefficient (Wildman–Crippen LogP) is 5.13. The van der Waals surface area contributed by atoms with E-state index in [0.29, 0.717) is 20.8 Å². The number of hydrogen-bond donors (Lipinski definition) is 1. The van der Waals surface area contributed by atoms with E-state index in [1.807, 2.05) is 47.9 Å². The molecule has 194 valence electrons. The lowest BCUT2D eigenvalue weighted by molar-refractivity contribution is 0.354. The van der Waals surface area contributed by atoms with Crippen molar-refractivity contribution in [1.29, 1.82) is 0 Å². The number of nitrogens with one attached hydrogen (secondary N) is 1. The van der Waals surface area contributed by atoms with Crippen LogP contribution < -0.4 is 24.4 Å². The molecule has 2 aromatic heterocycles. The van der Waals surface area contributed by atoms with E-state index in [4.69, 9.17) is 14.5 Å². The van der Waals surface area contributed by atoms with Crippen molar-refractivity contribution in [3.8, 4) is 11.5 Å². The highest BCUT2D eigenvalue weighted by molar-refractivity contribution is 7.07. The zero-order valence-corrected chi connectivity index (χ0v) is 22.8. The molecule has 1 aliphatic heterocycles. The summed E-state index contributed by atoms with van der Waals surface area (Å²) in [7, 11) is 3.27. The summed E-state index contributed by atoms with van der Waals surface area (Å²) in [4.78, 5) is 23.4. The van der Waals surface area contributed by atoms with Crippen LogP contribution in [0.2, 0.25) is 0 Å². The first kappa shape index (κ1) is 23.7. The highest BCUT2D eigenvalue weighted by atomic mass is 32.1. The number of hydrogen-bond acceptors (Lipinski definition) is 5. The summed E-state index contributed by atoms with van der Waals surface area (Å²) in [5.74, 6) is 1.30. The average Bonchev–Trinajstić information content (AvgIpc) is 3.46. The number of methoxy groups -OCH3 is 2. The maximum absolute atomic E-state index is 14.2. The van der Waals surface area contributed by atoms with Crippen LogP contribution in [0.4, 0.5) is 0 Å². The average molecular weight is 534 g/mol. The molecule has 0 saturated carbocycles. The Morgan fingerprint density at radius 1 is 1.00 bits per heavy atom. The SMILES string of the molecule is COc1ccc(C2C3=C(N=c4sc(=Cc5c(C)[nH]c6ccccc56)c(=O)n42)c2ccccc2CC3)cc1OC. The number of aryl methyl sites for hydroxylation is 2. The lowest BCUT2D eigenvalue weighted by atomic mass is 9.83. The second-order valence-electron chi connectivity index (χ2n) is 9.94. The Kier molecular flexibility index (Phi) is 5.56. The van der Waals surface area contributed by atoms with Gasteiger partial charge in [0.05, 0.1) is 30.5 Å². The molecule has 39 heavy (non-hydrogen) atoms. The van der Waals surface area contributed by atoms with E-state index in [1.165, 1.54) is 16.9 Å². The molecule has 0 radical (unpaired) electrons. The van der Waals surface area contributed by atoms with Gasteiger partial charge < -0.3 is 14.5 Å². The van der Waals surface area contributed by atoms with Gasteiger partial charge in [0.1, 0.15) is 0 Å². The van der Waals surface area contributed by atoms with Crippen LogP contribution in [0.5, 0.6) is 11.5 Å². The van der Waals surface area contributed by atoms with E-state index in [2.05, 4.69) is 41.4 Å². The molecule has 0 amide bonds. The molecular formula is C32H27N3O3S. The molecule has 1 atom stereocenters. The molecule has 1 unspecified atom stereocenters. The third kappa shape index (κ3) is 3.68. The molecule has 7 rings (SSSR count). The Hall–Kier alpha value is -4.36. The Labute approximate surface area is 229 Å². The van der Waals surface area contributed by atoms with Crippen molar-refractivity contribution in [3.05, 3.63) is 120 Å². The predicted molar refractivity (Wildman–Crippen MR) is 155 cm³/mol. The number of H-pyrrole nitrogens is 1. The fourth-order valence-electron chi connectivity index (χ4n) is 5.96. The molecule has 0 bridgehead atoms. The summed E-state index contributed by atoms with van der Waals surface area (Å²) in [6.07, 6.45) is 3.76. The van der Waals surface area contributed by atoms with Gasteiger partial charge in [0.25, 0.3) is 5.56 Å². The minimum atomic E-state index is -0.282. The Morgan fingerprint density at radius 3 is 2.64 bits per heavy atom. The number of fused-ring (bicyclic) bond motifs is 4. The molecule has 0 fully saturated rings. The van der Waals surface area contributed by atoms with Gasteiger partial charge >= 0.3 is 0 Å². The number of nitrogens with zero attached hydrogens (tertiary/aromatic N) is 2. The Bertz CT molecular complexity index is 1990. The fraction of sp³-hybridized carbons (Fsp3) is 0.188. The van der Waals surface area contributed by atoms with E-state index in [1.54, 1.807) is 14.2 Å². The molecule has 6 nitrogen and oxygen atoms in total. The van der Waals surface area contributed by atoms with Gasteiger partial charge in [0, 0.05) is 27.7 Å². The van der Waals surface area contributed by atoms with Crippen LogP contribution in [0.25, 0.3) is 22.7 Å². The molecule has 2 aliphatic rings. The van der Waals surface area contributed by atoms with Gasteiger partial charge in [-0.1, -0.05) is 59.9 Å². The van der Waals surface area contributed by atoms with Crippen molar-refractivity contribution in [2.75, 3.05) is 14.2 Å². The van der Waals surface area contributed by atoms with Crippen LogP contribution in [0.1, 0.15) is 40.4 Å². The van der Waals surface area contributed by atoms with Gasteiger partial charge in [-0.05, 0) is 60.7 Å². The summed E-state index contributed by atoms with van der Waals surface area (Å²) in [6.45, 7) is 2.05. The van der Waals surface area contributed by atoms with E-state index >= 15 is 0 Å². The number of benzene rings is 3. The van der Waals surface area contributed by atoms with Crippen molar-refractivity contribution < 1.29 is 9.47 Å². The normalized spacial score (nSPS) is 16.5. The molecule has 7 heteroatoms. The fourth-order valence-corrected chi connectivity index (χ4v) is 6.94. The zero-order valence-electron chi connectivity index (χ0n) is 21.9. The third-order valence-electron chi connectivity index (χ3n) is 7.82. The van der Waals surface area contributed by atoms with Gasteiger partial charge in [-0.25, -0.2) is 4.99 Å². The zero-order chi connectivity index (χ0) is 26.7. The lowest BCUT2D eigenvalue weighted by Gasteiger charge is -2.31. The topological polar surface area (TPSA) is 68.6 Å². The van der Waals surface area contributed by atoms with E-state index in [-0.39, 0.29) is 11.6 Å². The summed E-state index contributed by atoms with van der Waals surface area (Å²) >= 11 is 1.45. The monoisotopic (exact) mass is 533 g/mol. The summed E-state index contributed by atoms with van der Waals surface area (Å²) in [5, 5.41) is 1.10. The van der Waals surface area contributed by atoms with Crippen LogP contribution in [0.15, 0.2) is 82.1 Å². The maximum Gasteiger partial charge on any atom is 0.271 e. The second kappa shape index (κ2) is 9.13. The first-order valence-electron chi connectivity index (χ1n) is 13.0. The number of rotatable bonds is 4. The van der Waals surface area contributed by atoms with Crippen LogP contribution >= 0.6 is 11.3 Å². The van der Waals surface area contributed by atoms with E-state index in [9.17, 15) is 4.79 Å². The molecule has 0 spiro atoms. The third-order valence-corrected chi connectivity index (χ3v) is 8.80. The number of para-hydroxylation sites is 1. The van der Waals surface area contributed by atoms with Gasteiger partial charge in [-0.15, -0.1) is 0 Å². The molecule has 1 aliphatic carbocycles. The van der Waals surface area contributed by atoms with Crippen molar-refractivity contribution in [2.45, 2.75) is 25.8 Å². The second-order valence-corrected chi connectivity index (χ2v) is 10.9. The smallest absolute Gasteiger partial charge is 0.271 e. The summed E-state index contributed by atoms with van der Waals surface area (Å²) in [5.41, 5.74) is 8.65. The minimum Gasteiger partial charge on any atom is -0.493 e. The van der Waals surface area contributed by atoms with Crippen molar-refractivity contribution >= 4 is 34.0 Å². The molecular weight excluding hydrogens is 506 g/mol. The molecule has 3 aromatic carbocycles. The molecule has 3 heterocycles. The van der Waals surface area contributed by atoms with Crippen molar-refractivity contribution in [1.82, 2.24) is 9.55 Å². The van der Waals surface area contributed by atoms with Crippen LogP contribution in [0.3, 0.4) is 0 Å². The first-order valence-corrected chi connectivity index (χ1v) is 13.8. The highest BCUT2D eigenvalue weighted by Crippen LogP contribution is 2.42. The Morgan fingerprint density at radius 2 is 1.79 bits per heavy atom. The van der Waals surface area contributed by atoms with E-state index in [0.717, 1.165) is 57.4 Å². The number of thiazole rings is 1. The largest absolute Gasteiger partial charge is 0.493 e. The number of allylic oxidation sites excluding steroid dienone is 1. The van der Waals surface area contributed by atoms with Gasteiger partial charge in [0.2, 0.25) is 0 Å². The quantitative estimate of drug-likeness (QED) is 0.349. The molecule has 5 aromatic rings. The minimum absolute atomic E-state index is 0.0337.